The molecular formula is C10H19NO3S. The van der Waals surface area contributed by atoms with Crippen LogP contribution in [0.2, 0.25) is 0 Å². The topological polar surface area (TPSA) is 57.6 Å². The van der Waals surface area contributed by atoms with Gasteiger partial charge >= 0.3 is 0 Å². The summed E-state index contributed by atoms with van der Waals surface area (Å²) in [5.41, 5.74) is 0. The number of nitrogens with zero attached hydrogens (tertiary/aromatic N) is 1. The number of sulfone groups is 1. The fraction of sp³-hybridized carbons (Fsp3) is 1.00. The van der Waals surface area contributed by atoms with Crippen LogP contribution >= 0.6 is 0 Å². The minimum Gasteiger partial charge on any atom is -0.390 e. The second-order valence-corrected chi connectivity index (χ2v) is 6.92. The van der Waals surface area contributed by atoms with Crippen molar-refractivity contribution in [3.8, 4) is 0 Å². The molecule has 0 aromatic carbocycles. The molecule has 5 heteroatoms. The Balaban J connectivity index is 2.01. The van der Waals surface area contributed by atoms with Crippen LogP contribution in [0.5, 0.6) is 0 Å². The molecule has 2 aliphatic heterocycles. The van der Waals surface area contributed by atoms with Gasteiger partial charge in [0.05, 0.1) is 23.7 Å². The Morgan fingerprint density at radius 3 is 2.60 bits per heavy atom. The fourth-order valence-electron chi connectivity index (χ4n) is 2.66. The molecule has 4 nitrogen and oxygen atoms in total. The molecule has 3 atom stereocenters. The molecule has 2 saturated heterocycles. The van der Waals surface area contributed by atoms with Crippen LogP contribution in [-0.4, -0.2) is 55.2 Å². The van der Waals surface area contributed by atoms with Crippen molar-refractivity contribution in [3.63, 3.8) is 0 Å². The first-order valence-corrected chi connectivity index (χ1v) is 7.46. The van der Waals surface area contributed by atoms with Crippen molar-refractivity contribution < 1.29 is 13.5 Å². The Morgan fingerprint density at radius 1 is 1.40 bits per heavy atom. The normalized spacial score (nSPS) is 41.1. The first-order valence-electron chi connectivity index (χ1n) is 5.64. The van der Waals surface area contributed by atoms with Gasteiger partial charge in [-0.1, -0.05) is 13.3 Å². The maximum Gasteiger partial charge on any atom is 0.154 e. The Morgan fingerprint density at radius 2 is 2.13 bits per heavy atom. The predicted molar refractivity (Wildman–Crippen MR) is 58.4 cm³/mol. The standard InChI is InChI=1S/C10H19NO3S/c1-2-8-3-4-11(5-8)9-6-15(13,14)7-10(9)12/h8-10,12H,2-7H2,1H3. The Hall–Kier alpha value is -0.130. The van der Waals surface area contributed by atoms with Gasteiger partial charge < -0.3 is 5.11 Å². The highest BCUT2D eigenvalue weighted by molar-refractivity contribution is 7.91. The molecule has 2 heterocycles. The van der Waals surface area contributed by atoms with Crippen molar-refractivity contribution in [2.75, 3.05) is 24.6 Å². The molecule has 0 amide bonds. The molecule has 2 aliphatic rings. The zero-order valence-corrected chi connectivity index (χ0v) is 9.91. The summed E-state index contributed by atoms with van der Waals surface area (Å²) in [7, 11) is -3.00. The van der Waals surface area contributed by atoms with Gasteiger partial charge in [-0.15, -0.1) is 0 Å². The largest absolute Gasteiger partial charge is 0.390 e. The van der Waals surface area contributed by atoms with Crippen molar-refractivity contribution in [1.29, 1.82) is 0 Å². The monoisotopic (exact) mass is 233 g/mol. The molecule has 2 rings (SSSR count). The molecule has 15 heavy (non-hydrogen) atoms. The van der Waals surface area contributed by atoms with Crippen LogP contribution in [0.15, 0.2) is 0 Å². The van der Waals surface area contributed by atoms with E-state index in [1.165, 1.54) is 0 Å². The van der Waals surface area contributed by atoms with E-state index >= 15 is 0 Å². The predicted octanol–water partition coefficient (Wildman–Crippen LogP) is -0.124. The van der Waals surface area contributed by atoms with Gasteiger partial charge in [-0.2, -0.15) is 0 Å². The van der Waals surface area contributed by atoms with Crippen LogP contribution in [0, 0.1) is 5.92 Å². The van der Waals surface area contributed by atoms with Crippen molar-refractivity contribution in [3.05, 3.63) is 0 Å². The van der Waals surface area contributed by atoms with Crippen LogP contribution in [-0.2, 0) is 9.84 Å². The van der Waals surface area contributed by atoms with E-state index < -0.39 is 15.9 Å². The lowest BCUT2D eigenvalue weighted by atomic mass is 10.1. The summed E-state index contributed by atoms with van der Waals surface area (Å²) in [6, 6.07) is -0.147. The number of hydrogen-bond donors (Lipinski definition) is 1. The zero-order valence-electron chi connectivity index (χ0n) is 9.09. The summed E-state index contributed by atoms with van der Waals surface area (Å²) in [6.07, 6.45) is 1.61. The Kier molecular flexibility index (Phi) is 3.05. The van der Waals surface area contributed by atoms with Gasteiger partial charge in [-0.3, -0.25) is 4.90 Å². The van der Waals surface area contributed by atoms with Crippen LogP contribution in [0.4, 0.5) is 0 Å². The Labute approximate surface area is 91.2 Å². The van der Waals surface area contributed by atoms with Gasteiger partial charge in [0.1, 0.15) is 0 Å². The summed E-state index contributed by atoms with van der Waals surface area (Å²) >= 11 is 0. The lowest BCUT2D eigenvalue weighted by Crippen LogP contribution is -2.41. The lowest BCUT2D eigenvalue weighted by molar-refractivity contribution is 0.0962. The van der Waals surface area contributed by atoms with E-state index in [0.717, 1.165) is 25.9 Å². The van der Waals surface area contributed by atoms with E-state index in [0.29, 0.717) is 5.92 Å². The van der Waals surface area contributed by atoms with Crippen LogP contribution in [0.1, 0.15) is 19.8 Å². The third-order valence-electron chi connectivity index (χ3n) is 3.66. The maximum atomic E-state index is 11.4. The molecule has 0 bridgehead atoms. The molecule has 3 unspecified atom stereocenters. The summed E-state index contributed by atoms with van der Waals surface area (Å²) in [6.45, 7) is 4.06. The number of hydrogen-bond acceptors (Lipinski definition) is 4. The summed E-state index contributed by atoms with van der Waals surface area (Å²) in [5, 5.41) is 9.72. The van der Waals surface area contributed by atoms with Gasteiger partial charge in [0, 0.05) is 6.54 Å². The number of aliphatic hydroxyl groups is 1. The summed E-state index contributed by atoms with van der Waals surface area (Å²) < 4.78 is 22.7. The third kappa shape index (κ3) is 2.34. The Bertz CT molecular complexity index is 328. The molecule has 2 fully saturated rings. The molecule has 0 aromatic rings. The first kappa shape index (κ1) is 11.4. The molecule has 0 spiro atoms. The highest BCUT2D eigenvalue weighted by Crippen LogP contribution is 2.26. The van der Waals surface area contributed by atoms with Crippen LogP contribution in [0.25, 0.3) is 0 Å². The van der Waals surface area contributed by atoms with Gasteiger partial charge in [-0.25, -0.2) is 8.42 Å². The minimum absolute atomic E-state index is 0.0506. The quantitative estimate of drug-likeness (QED) is 0.722. The third-order valence-corrected chi connectivity index (χ3v) is 5.36. The minimum atomic E-state index is -3.00. The van der Waals surface area contributed by atoms with E-state index in [9.17, 15) is 13.5 Å². The summed E-state index contributed by atoms with van der Waals surface area (Å²) in [4.78, 5) is 2.16. The van der Waals surface area contributed by atoms with E-state index in [1.54, 1.807) is 0 Å². The maximum absolute atomic E-state index is 11.4. The molecule has 88 valence electrons. The second kappa shape index (κ2) is 4.03. The van der Waals surface area contributed by atoms with E-state index in [1.807, 2.05) is 0 Å². The van der Waals surface area contributed by atoms with Crippen molar-refractivity contribution in [2.45, 2.75) is 31.9 Å². The number of likely N-dealkylation sites (tertiary alicyclic amines) is 1. The number of aliphatic hydroxyl groups excluding tert-OH is 1. The van der Waals surface area contributed by atoms with Crippen molar-refractivity contribution in [2.24, 2.45) is 5.92 Å². The van der Waals surface area contributed by atoms with Gasteiger partial charge in [0.2, 0.25) is 0 Å². The lowest BCUT2D eigenvalue weighted by Gasteiger charge is -2.25. The second-order valence-electron chi connectivity index (χ2n) is 4.77. The van der Waals surface area contributed by atoms with Gasteiger partial charge in [-0.05, 0) is 18.9 Å². The first-order chi connectivity index (χ1) is 7.02. The van der Waals surface area contributed by atoms with E-state index in [2.05, 4.69) is 11.8 Å². The van der Waals surface area contributed by atoms with Gasteiger partial charge in [0.25, 0.3) is 0 Å². The molecule has 0 aliphatic carbocycles. The molecule has 0 saturated carbocycles. The number of rotatable bonds is 2. The summed E-state index contributed by atoms with van der Waals surface area (Å²) in [5.74, 6) is 0.774. The van der Waals surface area contributed by atoms with Crippen molar-refractivity contribution >= 4 is 9.84 Å². The average Bonchev–Trinajstić information content (AvgIpc) is 2.69. The fourth-order valence-corrected chi connectivity index (χ4v) is 4.49. The molecule has 0 aromatic heterocycles. The van der Waals surface area contributed by atoms with Crippen molar-refractivity contribution in [1.82, 2.24) is 4.90 Å². The molecule has 1 N–H and O–H groups in total. The average molecular weight is 233 g/mol. The smallest absolute Gasteiger partial charge is 0.154 e. The van der Waals surface area contributed by atoms with E-state index in [4.69, 9.17) is 0 Å². The van der Waals surface area contributed by atoms with Gasteiger partial charge in [0.15, 0.2) is 9.84 Å². The van der Waals surface area contributed by atoms with E-state index in [-0.39, 0.29) is 17.5 Å². The van der Waals surface area contributed by atoms with Crippen LogP contribution in [0.3, 0.4) is 0 Å². The zero-order chi connectivity index (χ0) is 11.1. The SMILES string of the molecule is CCC1CCN(C2CS(=O)(=O)CC2O)C1. The highest BCUT2D eigenvalue weighted by atomic mass is 32.2. The molecule has 0 radical (unpaired) electrons. The highest BCUT2D eigenvalue weighted by Gasteiger charge is 2.41. The molecular weight excluding hydrogens is 214 g/mol. The van der Waals surface area contributed by atoms with Crippen LogP contribution < -0.4 is 0 Å².